The Balaban J connectivity index is 1.88. The Morgan fingerprint density at radius 2 is 1.82 bits per heavy atom. The first-order valence-electron chi connectivity index (χ1n) is 8.97. The number of hydrogen-bond acceptors (Lipinski definition) is 4. The Morgan fingerprint density at radius 1 is 1.00 bits per heavy atom. The van der Waals surface area contributed by atoms with E-state index >= 15 is 0 Å². The zero-order chi connectivity index (χ0) is 19.5. The summed E-state index contributed by atoms with van der Waals surface area (Å²) in [5.74, 6) is 0.149. The molecule has 0 aliphatic heterocycles. The highest BCUT2D eigenvalue weighted by molar-refractivity contribution is 6.04. The van der Waals surface area contributed by atoms with Gasteiger partial charge in [0.1, 0.15) is 17.0 Å². The highest BCUT2D eigenvalue weighted by atomic mass is 16.3. The van der Waals surface area contributed by atoms with Crippen molar-refractivity contribution < 1.29 is 9.21 Å². The van der Waals surface area contributed by atoms with E-state index < -0.39 is 0 Å². The molecule has 0 atom stereocenters. The van der Waals surface area contributed by atoms with Crippen molar-refractivity contribution in [3.8, 4) is 0 Å². The molecule has 0 fully saturated rings. The van der Waals surface area contributed by atoms with Gasteiger partial charge >= 0.3 is 0 Å². The van der Waals surface area contributed by atoms with E-state index in [1.807, 2.05) is 62.4 Å². The predicted octanol–water partition coefficient (Wildman–Crippen LogP) is 4.93. The Bertz CT molecular complexity index is 1230. The highest BCUT2D eigenvalue weighted by Gasteiger charge is 2.14. The number of amides is 1. The van der Waals surface area contributed by atoms with Gasteiger partial charge in [0.05, 0.1) is 5.69 Å². The van der Waals surface area contributed by atoms with Crippen LogP contribution >= 0.6 is 0 Å². The number of nitrogens with zero attached hydrogens (tertiary/aromatic N) is 2. The fourth-order valence-corrected chi connectivity index (χ4v) is 2.88. The number of fused-ring (bicyclic) bond motifs is 1. The van der Waals surface area contributed by atoms with E-state index in [0.29, 0.717) is 17.0 Å². The Hall–Kier alpha value is -3.73. The molecule has 4 rings (SSSR count). The van der Waals surface area contributed by atoms with E-state index in [-0.39, 0.29) is 11.5 Å². The molecule has 0 radical (unpaired) electrons. The summed E-state index contributed by atoms with van der Waals surface area (Å²) in [6.07, 6.45) is 1.63. The molecule has 0 aliphatic carbocycles. The lowest BCUT2D eigenvalue weighted by molar-refractivity contribution is 0.102. The number of pyridine rings is 1. The zero-order valence-electron chi connectivity index (χ0n) is 15.6. The van der Waals surface area contributed by atoms with Gasteiger partial charge in [-0.05, 0) is 55.3 Å². The monoisotopic (exact) mass is 369 g/mol. The van der Waals surface area contributed by atoms with Gasteiger partial charge < -0.3 is 9.73 Å². The van der Waals surface area contributed by atoms with Crippen molar-refractivity contribution in [3.05, 3.63) is 95.2 Å². The van der Waals surface area contributed by atoms with Gasteiger partial charge in [-0.3, -0.25) is 4.79 Å². The van der Waals surface area contributed by atoms with Crippen LogP contribution in [-0.4, -0.2) is 10.9 Å². The van der Waals surface area contributed by atoms with Gasteiger partial charge in [-0.25, -0.2) is 9.98 Å². The number of aryl methyl sites for hydroxylation is 2. The summed E-state index contributed by atoms with van der Waals surface area (Å²) in [5.41, 5.74) is 4.15. The summed E-state index contributed by atoms with van der Waals surface area (Å²) >= 11 is 0. The lowest BCUT2D eigenvalue weighted by Gasteiger charge is -2.07. The quantitative estimate of drug-likeness (QED) is 0.557. The van der Waals surface area contributed by atoms with Crippen LogP contribution in [0.5, 0.6) is 0 Å². The number of para-hydroxylation sites is 1. The Labute approximate surface area is 162 Å². The smallest absolute Gasteiger partial charge is 0.262 e. The highest BCUT2D eigenvalue weighted by Crippen LogP contribution is 2.20. The second kappa shape index (κ2) is 7.48. The van der Waals surface area contributed by atoms with Crippen molar-refractivity contribution in [2.24, 2.45) is 4.99 Å². The van der Waals surface area contributed by atoms with Crippen LogP contribution in [0.25, 0.3) is 11.0 Å². The third kappa shape index (κ3) is 3.69. The van der Waals surface area contributed by atoms with Crippen LogP contribution in [-0.2, 0) is 0 Å². The van der Waals surface area contributed by atoms with E-state index in [1.54, 1.807) is 24.4 Å². The Morgan fingerprint density at radius 3 is 2.64 bits per heavy atom. The van der Waals surface area contributed by atoms with E-state index in [4.69, 9.17) is 4.42 Å². The first-order chi connectivity index (χ1) is 13.6. The second-order valence-electron chi connectivity index (χ2n) is 6.57. The molecule has 0 saturated carbocycles. The van der Waals surface area contributed by atoms with E-state index in [9.17, 15) is 4.79 Å². The predicted molar refractivity (Wildman–Crippen MR) is 110 cm³/mol. The maximum absolute atomic E-state index is 12.9. The first-order valence-corrected chi connectivity index (χ1v) is 8.97. The van der Waals surface area contributed by atoms with Gasteiger partial charge in [0.2, 0.25) is 5.55 Å². The number of hydrogen-bond donors (Lipinski definition) is 1. The molecule has 0 spiro atoms. The van der Waals surface area contributed by atoms with Crippen LogP contribution in [0.1, 0.15) is 21.5 Å². The zero-order valence-corrected chi connectivity index (χ0v) is 15.6. The van der Waals surface area contributed by atoms with Gasteiger partial charge in [-0.2, -0.15) is 0 Å². The minimum atomic E-state index is -0.322. The number of anilines is 1. The van der Waals surface area contributed by atoms with Gasteiger partial charge in [0, 0.05) is 11.6 Å². The maximum Gasteiger partial charge on any atom is 0.262 e. The number of benzene rings is 2. The third-order valence-electron chi connectivity index (χ3n) is 4.39. The van der Waals surface area contributed by atoms with Gasteiger partial charge in [-0.1, -0.05) is 36.4 Å². The van der Waals surface area contributed by atoms with Crippen molar-refractivity contribution in [3.63, 3.8) is 0 Å². The summed E-state index contributed by atoms with van der Waals surface area (Å²) in [6, 6.07) is 20.7. The number of aromatic nitrogens is 1. The minimum absolute atomic E-state index is 0.265. The van der Waals surface area contributed by atoms with Gasteiger partial charge in [-0.15, -0.1) is 0 Å². The molecule has 2 aromatic carbocycles. The van der Waals surface area contributed by atoms with E-state index in [1.165, 1.54) is 0 Å². The lowest BCUT2D eigenvalue weighted by Crippen LogP contribution is -2.22. The molecule has 2 aromatic heterocycles. The van der Waals surface area contributed by atoms with Gasteiger partial charge in [0.15, 0.2) is 0 Å². The molecular formula is C23H19N3O2. The van der Waals surface area contributed by atoms with Crippen LogP contribution in [0.2, 0.25) is 0 Å². The molecule has 1 N–H and O–H groups in total. The van der Waals surface area contributed by atoms with Crippen LogP contribution in [0.15, 0.2) is 82.3 Å². The average molecular weight is 369 g/mol. The molecule has 5 heteroatoms. The number of carbonyl (C=O) groups excluding carboxylic acids is 1. The second-order valence-corrected chi connectivity index (χ2v) is 6.57. The molecule has 138 valence electrons. The topological polar surface area (TPSA) is 67.5 Å². The summed E-state index contributed by atoms with van der Waals surface area (Å²) in [6.45, 7) is 3.98. The van der Waals surface area contributed by atoms with Crippen LogP contribution < -0.4 is 10.9 Å². The molecule has 0 bridgehead atoms. The fraction of sp³-hybridized carbons (Fsp3) is 0.0870. The standard InChI is InChI=1S/C23H19N3O2/c1-15-10-11-16(2)19(13-15)25-23-18(14-17-7-3-4-8-20(17)28-23)22(27)26-21-9-5-6-12-24-21/h3-14H,1-2H3,(H,24,26,27). The van der Waals surface area contributed by atoms with Crippen molar-refractivity contribution in [2.45, 2.75) is 13.8 Å². The summed E-state index contributed by atoms with van der Waals surface area (Å²) < 4.78 is 6.00. The lowest BCUT2D eigenvalue weighted by atomic mass is 10.1. The minimum Gasteiger partial charge on any atom is -0.438 e. The SMILES string of the molecule is Cc1ccc(C)c(N=c2oc3ccccc3cc2C(=O)Nc2ccccn2)c1. The summed E-state index contributed by atoms with van der Waals surface area (Å²) in [4.78, 5) is 21.8. The molecule has 28 heavy (non-hydrogen) atoms. The first kappa shape index (κ1) is 17.7. The number of carbonyl (C=O) groups is 1. The average Bonchev–Trinajstić information content (AvgIpc) is 2.71. The normalized spacial score (nSPS) is 11.6. The van der Waals surface area contributed by atoms with Gasteiger partial charge in [0.25, 0.3) is 5.91 Å². The number of nitrogens with one attached hydrogen (secondary N) is 1. The maximum atomic E-state index is 12.9. The number of rotatable bonds is 3. The van der Waals surface area contributed by atoms with E-state index in [2.05, 4.69) is 15.3 Å². The third-order valence-corrected chi connectivity index (χ3v) is 4.39. The molecule has 0 aliphatic rings. The van der Waals surface area contributed by atoms with Crippen molar-refractivity contribution in [1.29, 1.82) is 0 Å². The van der Waals surface area contributed by atoms with E-state index in [0.717, 1.165) is 22.2 Å². The molecule has 0 unspecified atom stereocenters. The van der Waals surface area contributed by atoms with Crippen LogP contribution in [0.3, 0.4) is 0 Å². The molecule has 1 amide bonds. The molecule has 2 heterocycles. The van der Waals surface area contributed by atoms with Crippen molar-refractivity contribution >= 4 is 28.4 Å². The Kier molecular flexibility index (Phi) is 4.72. The van der Waals surface area contributed by atoms with Crippen molar-refractivity contribution in [2.75, 3.05) is 5.32 Å². The van der Waals surface area contributed by atoms with Crippen LogP contribution in [0.4, 0.5) is 11.5 Å². The van der Waals surface area contributed by atoms with Crippen molar-refractivity contribution in [1.82, 2.24) is 4.98 Å². The molecule has 0 saturated heterocycles. The summed E-state index contributed by atoms with van der Waals surface area (Å²) in [5, 5.41) is 3.63. The largest absolute Gasteiger partial charge is 0.438 e. The molecular weight excluding hydrogens is 350 g/mol. The van der Waals surface area contributed by atoms with Crippen LogP contribution in [0, 0.1) is 13.8 Å². The molecule has 4 aromatic rings. The molecule has 5 nitrogen and oxygen atoms in total. The summed E-state index contributed by atoms with van der Waals surface area (Å²) in [7, 11) is 0. The fourth-order valence-electron chi connectivity index (χ4n) is 2.88.